The Morgan fingerprint density at radius 1 is 1.06 bits per heavy atom. The number of aromatic nitrogens is 4. The lowest BCUT2D eigenvalue weighted by molar-refractivity contribution is 0.0744. The molecule has 0 saturated carbocycles. The lowest BCUT2D eigenvalue weighted by Gasteiger charge is -2.26. The number of amides is 1. The molecule has 1 atom stereocenters. The van der Waals surface area contributed by atoms with Crippen molar-refractivity contribution in [2.45, 2.75) is 13.0 Å². The fourth-order valence-electron chi connectivity index (χ4n) is 3.74. The quantitative estimate of drug-likeness (QED) is 0.369. The van der Waals surface area contributed by atoms with Crippen LogP contribution in [0.5, 0.6) is 0 Å². The van der Waals surface area contributed by atoms with Gasteiger partial charge in [-0.3, -0.25) is 4.79 Å². The molecule has 0 aliphatic heterocycles. The summed E-state index contributed by atoms with van der Waals surface area (Å²) in [5, 5.41) is 7.04. The largest absolute Gasteiger partial charge is 0.335 e. The predicted molar refractivity (Wildman–Crippen MR) is 127 cm³/mol. The molecule has 3 heterocycles. The lowest BCUT2D eigenvalue weighted by atomic mass is 10.0. The van der Waals surface area contributed by atoms with E-state index in [0.29, 0.717) is 5.56 Å². The van der Waals surface area contributed by atoms with Crippen LogP contribution in [0.3, 0.4) is 0 Å². The maximum absolute atomic E-state index is 13.6. The molecule has 0 radical (unpaired) electrons. The van der Waals surface area contributed by atoms with Gasteiger partial charge in [0.15, 0.2) is 0 Å². The van der Waals surface area contributed by atoms with Crippen molar-refractivity contribution in [3.63, 3.8) is 0 Å². The van der Waals surface area contributed by atoms with Gasteiger partial charge in [0.05, 0.1) is 33.4 Å². The Morgan fingerprint density at radius 3 is 2.59 bits per heavy atom. The number of fused-ring (bicyclic) bond motifs is 1. The average molecular weight is 440 g/mol. The fourth-order valence-corrected chi connectivity index (χ4v) is 4.43. The third-order valence-electron chi connectivity index (χ3n) is 5.68. The Morgan fingerprint density at radius 2 is 1.88 bits per heavy atom. The number of thiophene rings is 1. The minimum atomic E-state index is -0.107. The van der Waals surface area contributed by atoms with Gasteiger partial charge in [0, 0.05) is 12.4 Å². The number of hydrogen-bond acceptors (Lipinski definition) is 5. The van der Waals surface area contributed by atoms with Gasteiger partial charge in [-0.15, -0.1) is 11.3 Å². The van der Waals surface area contributed by atoms with E-state index in [1.165, 1.54) is 6.33 Å². The maximum atomic E-state index is 13.6. The van der Waals surface area contributed by atoms with Crippen LogP contribution in [0.25, 0.3) is 27.2 Å². The smallest absolute Gasteiger partial charge is 0.254 e. The molecule has 0 aliphatic carbocycles. The van der Waals surface area contributed by atoms with Crippen LogP contribution in [0.15, 0.2) is 84.8 Å². The summed E-state index contributed by atoms with van der Waals surface area (Å²) < 4.78 is 1.71. The summed E-state index contributed by atoms with van der Waals surface area (Å²) in [5.41, 5.74) is 4.27. The Balaban J connectivity index is 1.48. The molecule has 7 heteroatoms. The molecule has 0 aliphatic rings. The maximum Gasteiger partial charge on any atom is 0.254 e. The van der Waals surface area contributed by atoms with E-state index in [1.54, 1.807) is 27.2 Å². The van der Waals surface area contributed by atoms with E-state index in [0.717, 1.165) is 32.7 Å². The molecule has 2 aromatic carbocycles. The molecular weight excluding hydrogens is 418 g/mol. The van der Waals surface area contributed by atoms with Gasteiger partial charge in [0.2, 0.25) is 0 Å². The fraction of sp³-hybridized carbons (Fsp3) is 0.120. The van der Waals surface area contributed by atoms with Crippen LogP contribution in [-0.2, 0) is 0 Å². The van der Waals surface area contributed by atoms with Crippen molar-refractivity contribution < 1.29 is 4.79 Å². The van der Waals surface area contributed by atoms with Crippen LogP contribution in [-0.4, -0.2) is 37.6 Å². The van der Waals surface area contributed by atoms with Crippen LogP contribution in [0.1, 0.15) is 28.9 Å². The summed E-state index contributed by atoms with van der Waals surface area (Å²) in [5.74, 6) is -0.0331. The standard InChI is InChI=1S/C25H21N5OS/c1-17(18-9-11-19(12-10-18)30-16-26-15-27-30)29(2)25(31)21-14-23(24-8-5-13-32-24)28-22-7-4-3-6-20(21)22/h3-17H,1-2H3/t17-/m0/s1. The normalized spacial score (nSPS) is 12.1. The predicted octanol–water partition coefficient (Wildman–Crippen LogP) is 5.38. The number of pyridine rings is 1. The van der Waals surface area contributed by atoms with Gasteiger partial charge in [-0.05, 0) is 48.2 Å². The van der Waals surface area contributed by atoms with Crippen LogP contribution in [0.4, 0.5) is 0 Å². The zero-order valence-electron chi connectivity index (χ0n) is 17.7. The van der Waals surface area contributed by atoms with Crippen LogP contribution in [0.2, 0.25) is 0 Å². The first-order valence-corrected chi connectivity index (χ1v) is 11.2. The monoisotopic (exact) mass is 439 g/mol. The highest BCUT2D eigenvalue weighted by atomic mass is 32.1. The topological polar surface area (TPSA) is 63.9 Å². The van der Waals surface area contributed by atoms with Crippen molar-refractivity contribution >= 4 is 28.1 Å². The second-order valence-corrected chi connectivity index (χ2v) is 8.52. The van der Waals surface area contributed by atoms with Gasteiger partial charge < -0.3 is 4.90 Å². The summed E-state index contributed by atoms with van der Waals surface area (Å²) in [6.45, 7) is 2.03. The van der Waals surface area contributed by atoms with Crippen LogP contribution >= 0.6 is 11.3 Å². The number of carbonyl (C=O) groups excluding carboxylic acids is 1. The van der Waals surface area contributed by atoms with Gasteiger partial charge in [0.1, 0.15) is 12.7 Å². The molecule has 5 aromatic rings. The zero-order valence-corrected chi connectivity index (χ0v) is 18.5. The third kappa shape index (κ3) is 3.67. The third-order valence-corrected chi connectivity index (χ3v) is 6.57. The molecule has 0 fully saturated rings. The molecule has 0 bridgehead atoms. The van der Waals surface area contributed by atoms with E-state index < -0.39 is 0 Å². The van der Waals surface area contributed by atoms with Crippen molar-refractivity contribution in [2.24, 2.45) is 0 Å². The Labute approximate surface area is 189 Å². The lowest BCUT2D eigenvalue weighted by Crippen LogP contribution is -2.30. The highest BCUT2D eigenvalue weighted by Crippen LogP contribution is 2.30. The number of hydrogen-bond donors (Lipinski definition) is 0. The van der Waals surface area contributed by atoms with Gasteiger partial charge in [-0.1, -0.05) is 36.4 Å². The molecule has 3 aromatic heterocycles. The summed E-state index contributed by atoms with van der Waals surface area (Å²) in [6.07, 6.45) is 3.17. The van der Waals surface area contributed by atoms with E-state index >= 15 is 0 Å². The molecule has 6 nitrogen and oxygen atoms in total. The average Bonchev–Trinajstić information content (AvgIpc) is 3.57. The van der Waals surface area contributed by atoms with Gasteiger partial charge in [0.25, 0.3) is 5.91 Å². The molecule has 0 unspecified atom stereocenters. The molecule has 0 saturated heterocycles. The second-order valence-electron chi connectivity index (χ2n) is 7.57. The molecule has 5 rings (SSSR count). The van der Waals surface area contributed by atoms with Crippen LogP contribution in [0, 0.1) is 0 Å². The summed E-state index contributed by atoms with van der Waals surface area (Å²) in [4.78, 5) is 25.2. The van der Waals surface area contributed by atoms with Crippen molar-refractivity contribution in [3.05, 3.63) is 95.9 Å². The van der Waals surface area contributed by atoms with Gasteiger partial charge >= 0.3 is 0 Å². The number of carbonyl (C=O) groups is 1. The Bertz CT molecular complexity index is 1360. The van der Waals surface area contributed by atoms with Crippen LogP contribution < -0.4 is 0 Å². The van der Waals surface area contributed by atoms with Crippen molar-refractivity contribution in [1.82, 2.24) is 24.6 Å². The van der Waals surface area contributed by atoms with Gasteiger partial charge in [-0.25, -0.2) is 14.6 Å². The number of benzene rings is 2. The first-order valence-electron chi connectivity index (χ1n) is 10.3. The summed E-state index contributed by atoms with van der Waals surface area (Å²) >= 11 is 1.62. The second kappa shape index (κ2) is 8.36. The van der Waals surface area contributed by atoms with Crippen molar-refractivity contribution in [1.29, 1.82) is 0 Å². The van der Waals surface area contributed by atoms with E-state index in [9.17, 15) is 4.79 Å². The summed E-state index contributed by atoms with van der Waals surface area (Å²) in [6, 6.07) is 21.6. The number of rotatable bonds is 5. The van der Waals surface area contributed by atoms with E-state index in [4.69, 9.17) is 4.98 Å². The van der Waals surface area contributed by atoms with E-state index in [-0.39, 0.29) is 11.9 Å². The van der Waals surface area contributed by atoms with E-state index in [2.05, 4.69) is 10.1 Å². The van der Waals surface area contributed by atoms with E-state index in [1.807, 2.05) is 86.1 Å². The van der Waals surface area contributed by atoms with Crippen molar-refractivity contribution in [3.8, 4) is 16.3 Å². The first-order chi connectivity index (χ1) is 15.6. The van der Waals surface area contributed by atoms with Gasteiger partial charge in [-0.2, -0.15) is 5.10 Å². The zero-order chi connectivity index (χ0) is 22.1. The Hall–Kier alpha value is -3.84. The SMILES string of the molecule is C[C@@H](c1ccc(-n2cncn2)cc1)N(C)C(=O)c1cc(-c2cccs2)nc2ccccc12. The molecule has 0 spiro atoms. The minimum absolute atomic E-state index is 0.0331. The molecule has 0 N–H and O–H groups in total. The van der Waals surface area contributed by atoms with Crippen molar-refractivity contribution in [2.75, 3.05) is 7.05 Å². The minimum Gasteiger partial charge on any atom is -0.335 e. The molecule has 158 valence electrons. The summed E-state index contributed by atoms with van der Waals surface area (Å²) in [7, 11) is 1.85. The first kappa shape index (κ1) is 20.1. The molecule has 32 heavy (non-hydrogen) atoms. The Kier molecular flexibility index (Phi) is 5.25. The highest BCUT2D eigenvalue weighted by Gasteiger charge is 2.22. The highest BCUT2D eigenvalue weighted by molar-refractivity contribution is 7.13. The number of para-hydroxylation sites is 1. The molecule has 1 amide bonds. The number of nitrogens with zero attached hydrogens (tertiary/aromatic N) is 5. The molecular formula is C25H21N5OS.